The average molecular weight is 298 g/mol. The van der Waals surface area contributed by atoms with Gasteiger partial charge in [0.1, 0.15) is 0 Å². The molecule has 1 amide bonds. The first-order valence-corrected chi connectivity index (χ1v) is 6.60. The molecule has 0 aliphatic heterocycles. The van der Waals surface area contributed by atoms with E-state index in [1.807, 2.05) is 13.8 Å². The first-order chi connectivity index (χ1) is 9.76. The lowest BCUT2D eigenvalue weighted by molar-refractivity contribution is -0.387. The quantitative estimate of drug-likeness (QED) is 0.596. The van der Waals surface area contributed by atoms with Gasteiger partial charge in [-0.3, -0.25) is 14.9 Å². The van der Waals surface area contributed by atoms with Gasteiger partial charge in [0.15, 0.2) is 0 Å². The fourth-order valence-electron chi connectivity index (χ4n) is 1.86. The normalized spacial score (nSPS) is 11.2. The molecule has 1 aromatic rings. The molecule has 2 N–H and O–H groups in total. The van der Waals surface area contributed by atoms with Crippen LogP contribution in [0, 0.1) is 21.3 Å². The Morgan fingerprint density at radius 1 is 1.48 bits per heavy atom. The number of amides is 1. The Bertz CT molecular complexity index is 532. The Balaban J connectivity index is 2.68. The molecule has 1 rings (SSSR count). The number of hydrogen-bond acceptors (Lipinski definition) is 4. The molecule has 0 atom stereocenters. The lowest BCUT2D eigenvalue weighted by Crippen LogP contribution is -2.34. The van der Waals surface area contributed by atoms with E-state index in [1.54, 1.807) is 0 Å². The third-order valence-electron chi connectivity index (χ3n) is 3.15. The Kier molecular flexibility index (Phi) is 5.78. The Morgan fingerprint density at radius 3 is 2.67 bits per heavy atom. The molecule has 0 spiro atoms. The van der Waals surface area contributed by atoms with Gasteiger partial charge in [0, 0.05) is 24.8 Å². The number of aliphatic hydroxyl groups excluding tert-OH is 1. The van der Waals surface area contributed by atoms with Crippen LogP contribution in [0.2, 0.25) is 0 Å². The maximum Gasteiger partial charge on any atom is 0.304 e. The number of nitro benzene ring substituents is 1. The van der Waals surface area contributed by atoms with Crippen LogP contribution in [0.1, 0.15) is 37.0 Å². The van der Waals surface area contributed by atoms with E-state index in [-0.39, 0.29) is 17.6 Å². The predicted octanol–water partition coefficient (Wildman–Crippen LogP) is 2.26. The molecule has 7 heteroatoms. The molecule has 0 aliphatic rings. The SMILES string of the molecule is CC(C)(CCCO)CNC(=O)c1ccc([N+](=O)[O-])c(F)c1. The van der Waals surface area contributed by atoms with Crippen LogP contribution in [0.25, 0.3) is 0 Å². The molecular formula is C14H19FN2O4. The summed E-state index contributed by atoms with van der Waals surface area (Å²) in [7, 11) is 0. The molecule has 0 saturated carbocycles. The van der Waals surface area contributed by atoms with Gasteiger partial charge in [0.2, 0.25) is 5.82 Å². The summed E-state index contributed by atoms with van der Waals surface area (Å²) in [5, 5.41) is 22.0. The van der Waals surface area contributed by atoms with Gasteiger partial charge < -0.3 is 10.4 Å². The highest BCUT2D eigenvalue weighted by Crippen LogP contribution is 2.21. The first kappa shape index (κ1) is 17.0. The van der Waals surface area contributed by atoms with Gasteiger partial charge in [-0.05, 0) is 30.4 Å². The van der Waals surface area contributed by atoms with Crippen molar-refractivity contribution in [2.45, 2.75) is 26.7 Å². The van der Waals surface area contributed by atoms with Crippen molar-refractivity contribution in [1.82, 2.24) is 5.32 Å². The van der Waals surface area contributed by atoms with Crippen molar-refractivity contribution in [3.8, 4) is 0 Å². The lowest BCUT2D eigenvalue weighted by atomic mass is 9.88. The molecule has 116 valence electrons. The highest BCUT2D eigenvalue weighted by atomic mass is 19.1. The number of hydrogen-bond donors (Lipinski definition) is 2. The Labute approximate surface area is 122 Å². The third kappa shape index (κ3) is 5.11. The maximum absolute atomic E-state index is 13.5. The molecule has 0 radical (unpaired) electrons. The summed E-state index contributed by atoms with van der Waals surface area (Å²) in [6.45, 7) is 4.34. The number of halogens is 1. The van der Waals surface area contributed by atoms with E-state index < -0.39 is 22.3 Å². The number of nitro groups is 1. The van der Waals surface area contributed by atoms with Crippen molar-refractivity contribution >= 4 is 11.6 Å². The van der Waals surface area contributed by atoms with Crippen molar-refractivity contribution in [2.75, 3.05) is 13.2 Å². The van der Waals surface area contributed by atoms with Crippen LogP contribution >= 0.6 is 0 Å². The predicted molar refractivity (Wildman–Crippen MR) is 75.5 cm³/mol. The smallest absolute Gasteiger partial charge is 0.304 e. The fraction of sp³-hybridized carbons (Fsp3) is 0.500. The monoisotopic (exact) mass is 298 g/mol. The topological polar surface area (TPSA) is 92.5 Å². The van der Waals surface area contributed by atoms with Crippen LogP contribution in [0.15, 0.2) is 18.2 Å². The standard InChI is InChI=1S/C14H19FN2O4/c1-14(2,6-3-7-18)9-16-13(19)10-4-5-12(17(20)21)11(15)8-10/h4-5,8,18H,3,6-7,9H2,1-2H3,(H,16,19). The molecule has 0 unspecified atom stereocenters. The van der Waals surface area contributed by atoms with Crippen molar-refractivity contribution < 1.29 is 19.2 Å². The van der Waals surface area contributed by atoms with Gasteiger partial charge in [-0.15, -0.1) is 0 Å². The van der Waals surface area contributed by atoms with Gasteiger partial charge in [0.25, 0.3) is 5.91 Å². The number of aliphatic hydroxyl groups is 1. The van der Waals surface area contributed by atoms with Gasteiger partial charge in [-0.25, -0.2) is 0 Å². The third-order valence-corrected chi connectivity index (χ3v) is 3.15. The molecule has 1 aromatic carbocycles. The van der Waals surface area contributed by atoms with Crippen molar-refractivity contribution in [3.05, 3.63) is 39.7 Å². The van der Waals surface area contributed by atoms with Crippen LogP contribution in [-0.4, -0.2) is 29.1 Å². The minimum Gasteiger partial charge on any atom is -0.396 e. The minimum atomic E-state index is -1.04. The van der Waals surface area contributed by atoms with Crippen molar-refractivity contribution in [3.63, 3.8) is 0 Å². The van der Waals surface area contributed by atoms with E-state index in [9.17, 15) is 19.3 Å². The molecule has 0 bridgehead atoms. The summed E-state index contributed by atoms with van der Waals surface area (Å²) in [5.74, 6) is -1.52. The van der Waals surface area contributed by atoms with Gasteiger partial charge in [-0.1, -0.05) is 13.8 Å². The van der Waals surface area contributed by atoms with Crippen molar-refractivity contribution in [2.24, 2.45) is 5.41 Å². The zero-order valence-electron chi connectivity index (χ0n) is 12.1. The zero-order chi connectivity index (χ0) is 16.0. The maximum atomic E-state index is 13.5. The number of nitrogens with zero attached hydrogens (tertiary/aromatic N) is 1. The summed E-state index contributed by atoms with van der Waals surface area (Å²) in [4.78, 5) is 21.6. The molecule has 0 heterocycles. The van der Waals surface area contributed by atoms with E-state index in [4.69, 9.17) is 5.11 Å². The van der Waals surface area contributed by atoms with Crippen LogP contribution < -0.4 is 5.32 Å². The van der Waals surface area contributed by atoms with Crippen LogP contribution in [0.3, 0.4) is 0 Å². The molecule has 0 aliphatic carbocycles. The molecule has 6 nitrogen and oxygen atoms in total. The fourth-order valence-corrected chi connectivity index (χ4v) is 1.86. The number of carbonyl (C=O) groups is 1. The first-order valence-electron chi connectivity index (χ1n) is 6.60. The van der Waals surface area contributed by atoms with E-state index in [0.717, 1.165) is 18.6 Å². The highest BCUT2D eigenvalue weighted by molar-refractivity contribution is 5.94. The van der Waals surface area contributed by atoms with E-state index in [0.29, 0.717) is 13.0 Å². The summed E-state index contributed by atoms with van der Waals surface area (Å²) in [6, 6.07) is 3.05. The Morgan fingerprint density at radius 2 is 2.14 bits per heavy atom. The number of carbonyl (C=O) groups excluding carboxylic acids is 1. The van der Waals surface area contributed by atoms with Gasteiger partial charge in [0.05, 0.1) is 4.92 Å². The lowest BCUT2D eigenvalue weighted by Gasteiger charge is -2.24. The second kappa shape index (κ2) is 7.12. The summed E-state index contributed by atoms with van der Waals surface area (Å²) >= 11 is 0. The van der Waals surface area contributed by atoms with Gasteiger partial charge >= 0.3 is 5.69 Å². The molecule has 0 aromatic heterocycles. The van der Waals surface area contributed by atoms with Crippen LogP contribution in [-0.2, 0) is 0 Å². The second-order valence-electron chi connectivity index (χ2n) is 5.60. The van der Waals surface area contributed by atoms with E-state index >= 15 is 0 Å². The highest BCUT2D eigenvalue weighted by Gasteiger charge is 2.20. The van der Waals surface area contributed by atoms with Crippen LogP contribution in [0.5, 0.6) is 0 Å². The molecule has 21 heavy (non-hydrogen) atoms. The Hall–Kier alpha value is -2.02. The summed E-state index contributed by atoms with van der Waals surface area (Å²) in [5.41, 5.74) is -0.816. The second-order valence-corrected chi connectivity index (χ2v) is 5.60. The van der Waals surface area contributed by atoms with E-state index in [1.165, 1.54) is 6.07 Å². The van der Waals surface area contributed by atoms with E-state index in [2.05, 4.69) is 5.32 Å². The zero-order valence-corrected chi connectivity index (χ0v) is 12.1. The molecular weight excluding hydrogens is 279 g/mol. The number of benzene rings is 1. The largest absolute Gasteiger partial charge is 0.396 e. The number of rotatable bonds is 7. The number of nitrogens with one attached hydrogen (secondary N) is 1. The minimum absolute atomic E-state index is 0.0380. The van der Waals surface area contributed by atoms with Crippen molar-refractivity contribution in [1.29, 1.82) is 0 Å². The molecule has 0 saturated heterocycles. The summed E-state index contributed by atoms with van der Waals surface area (Å²) < 4.78 is 13.5. The molecule has 0 fully saturated rings. The van der Waals surface area contributed by atoms with Crippen LogP contribution in [0.4, 0.5) is 10.1 Å². The average Bonchev–Trinajstić information content (AvgIpc) is 2.42. The summed E-state index contributed by atoms with van der Waals surface area (Å²) in [6.07, 6.45) is 1.37. The van der Waals surface area contributed by atoms with Gasteiger partial charge in [-0.2, -0.15) is 4.39 Å².